The van der Waals surface area contributed by atoms with Gasteiger partial charge in [-0.3, -0.25) is 9.69 Å². The minimum absolute atomic E-state index is 0.0814. The van der Waals surface area contributed by atoms with Crippen molar-refractivity contribution in [2.75, 3.05) is 18.6 Å². The number of anilines is 1. The van der Waals surface area contributed by atoms with E-state index in [1.54, 1.807) is 18.1 Å². The maximum absolute atomic E-state index is 13.0. The molecule has 1 atom stereocenters. The molecule has 1 unspecified atom stereocenters. The molecule has 138 valence electrons. The van der Waals surface area contributed by atoms with Crippen LogP contribution in [0.2, 0.25) is 5.02 Å². The number of methoxy groups -OCH3 is 1. The fourth-order valence-electron chi connectivity index (χ4n) is 3.60. The van der Waals surface area contributed by atoms with E-state index in [4.69, 9.17) is 21.1 Å². The highest BCUT2D eigenvalue weighted by molar-refractivity contribution is 6.31. The molecule has 2 aliphatic rings. The average molecular weight is 384 g/mol. The van der Waals surface area contributed by atoms with Gasteiger partial charge in [0, 0.05) is 17.4 Å². The molecule has 0 saturated heterocycles. The van der Waals surface area contributed by atoms with E-state index in [0.29, 0.717) is 22.0 Å². The van der Waals surface area contributed by atoms with Gasteiger partial charge in [-0.15, -0.1) is 0 Å². The molecule has 1 amide bonds. The Labute approximate surface area is 162 Å². The van der Waals surface area contributed by atoms with Crippen molar-refractivity contribution in [3.8, 4) is 5.75 Å². The molecule has 0 N–H and O–H groups in total. The van der Waals surface area contributed by atoms with Crippen molar-refractivity contribution in [3.05, 3.63) is 69.9 Å². The minimum atomic E-state index is -0.374. The molecule has 4 rings (SSSR count). The molecule has 0 aliphatic carbocycles. The molecule has 2 aromatic carbocycles. The van der Waals surface area contributed by atoms with E-state index in [-0.39, 0.29) is 30.8 Å². The number of hydrogen-bond donors (Lipinski definition) is 0. The lowest BCUT2D eigenvalue weighted by molar-refractivity contribution is -0.136. The average Bonchev–Trinajstić information content (AvgIpc) is 3.05. The number of nitrogens with zero attached hydrogens (tertiary/aromatic N) is 1. The molecule has 6 heteroatoms. The second-order valence-corrected chi connectivity index (χ2v) is 7.04. The first-order valence-electron chi connectivity index (χ1n) is 8.63. The van der Waals surface area contributed by atoms with Crippen LogP contribution >= 0.6 is 11.6 Å². The highest BCUT2D eigenvalue weighted by Crippen LogP contribution is 2.42. The number of benzene rings is 2. The van der Waals surface area contributed by atoms with Crippen molar-refractivity contribution >= 4 is 29.2 Å². The van der Waals surface area contributed by atoms with Crippen LogP contribution in [0.25, 0.3) is 0 Å². The molecular weight excluding hydrogens is 366 g/mol. The third kappa shape index (κ3) is 2.98. The Morgan fingerprint density at radius 2 is 1.89 bits per heavy atom. The van der Waals surface area contributed by atoms with Gasteiger partial charge in [0.1, 0.15) is 12.4 Å². The van der Waals surface area contributed by atoms with Crippen LogP contribution in [0, 0.1) is 6.92 Å². The van der Waals surface area contributed by atoms with Crippen LogP contribution in [0.1, 0.15) is 23.5 Å². The van der Waals surface area contributed by atoms with Crippen LogP contribution in [0.5, 0.6) is 5.75 Å². The fourth-order valence-corrected chi connectivity index (χ4v) is 3.77. The molecule has 2 heterocycles. The van der Waals surface area contributed by atoms with Gasteiger partial charge in [0.25, 0.3) is 0 Å². The van der Waals surface area contributed by atoms with Crippen LogP contribution in [-0.2, 0) is 14.3 Å². The lowest BCUT2D eigenvalue weighted by Crippen LogP contribution is -2.37. The van der Waals surface area contributed by atoms with Crippen molar-refractivity contribution in [1.29, 1.82) is 0 Å². The quantitative estimate of drug-likeness (QED) is 0.752. The Hall–Kier alpha value is -2.79. The smallest absolute Gasteiger partial charge is 0.336 e. The number of esters is 1. The van der Waals surface area contributed by atoms with Crippen molar-refractivity contribution in [1.82, 2.24) is 0 Å². The second-order valence-electron chi connectivity index (χ2n) is 6.63. The molecule has 0 bridgehead atoms. The minimum Gasteiger partial charge on any atom is -0.497 e. The van der Waals surface area contributed by atoms with Gasteiger partial charge >= 0.3 is 5.97 Å². The zero-order valence-corrected chi connectivity index (χ0v) is 15.7. The largest absolute Gasteiger partial charge is 0.497 e. The molecule has 2 aliphatic heterocycles. The van der Waals surface area contributed by atoms with Gasteiger partial charge in [0.15, 0.2) is 0 Å². The number of carbonyl (C=O) groups excluding carboxylic acids is 2. The van der Waals surface area contributed by atoms with Gasteiger partial charge in [0.2, 0.25) is 5.91 Å². The summed E-state index contributed by atoms with van der Waals surface area (Å²) in [6.45, 7) is 1.98. The van der Waals surface area contributed by atoms with E-state index >= 15 is 0 Å². The summed E-state index contributed by atoms with van der Waals surface area (Å²) < 4.78 is 10.5. The molecule has 0 aromatic heterocycles. The Morgan fingerprint density at radius 3 is 2.56 bits per heavy atom. The predicted molar refractivity (Wildman–Crippen MR) is 102 cm³/mol. The van der Waals surface area contributed by atoms with Gasteiger partial charge in [0.05, 0.1) is 24.1 Å². The predicted octanol–water partition coefficient (Wildman–Crippen LogP) is 3.99. The number of rotatable bonds is 3. The van der Waals surface area contributed by atoms with E-state index in [2.05, 4.69) is 0 Å². The van der Waals surface area contributed by atoms with E-state index < -0.39 is 0 Å². The van der Waals surface area contributed by atoms with E-state index in [0.717, 1.165) is 16.9 Å². The number of ether oxygens (including phenoxy) is 2. The molecule has 2 aromatic rings. The number of carbonyl (C=O) groups is 2. The lowest BCUT2D eigenvalue weighted by atomic mass is 9.84. The Kier molecular flexibility index (Phi) is 4.40. The van der Waals surface area contributed by atoms with Crippen LogP contribution < -0.4 is 9.64 Å². The number of halogens is 1. The topological polar surface area (TPSA) is 55.8 Å². The van der Waals surface area contributed by atoms with Crippen LogP contribution in [-0.4, -0.2) is 25.6 Å². The summed E-state index contributed by atoms with van der Waals surface area (Å²) in [6, 6.07) is 12.9. The van der Waals surface area contributed by atoms with Crippen molar-refractivity contribution < 1.29 is 19.1 Å². The second kappa shape index (κ2) is 6.74. The highest BCUT2D eigenvalue weighted by Gasteiger charge is 2.43. The van der Waals surface area contributed by atoms with Gasteiger partial charge in [-0.1, -0.05) is 29.8 Å². The maximum Gasteiger partial charge on any atom is 0.336 e. The van der Waals surface area contributed by atoms with Crippen LogP contribution in [0.15, 0.2) is 53.7 Å². The number of cyclic esters (lactones) is 1. The summed E-state index contributed by atoms with van der Waals surface area (Å²) in [5.41, 5.74) is 3.59. The van der Waals surface area contributed by atoms with Gasteiger partial charge in [-0.05, 0) is 42.3 Å². The number of hydrogen-bond acceptors (Lipinski definition) is 4. The molecule has 0 fully saturated rings. The normalized spacial score (nSPS) is 19.2. The first-order valence-corrected chi connectivity index (χ1v) is 9.00. The van der Waals surface area contributed by atoms with Crippen molar-refractivity contribution in [2.45, 2.75) is 19.3 Å². The SMILES string of the molecule is COc1ccc(C2CC(=O)N(c3ccc(C)c(Cl)c3)C3=C2C(=O)OC3)cc1. The van der Waals surface area contributed by atoms with Crippen LogP contribution in [0.4, 0.5) is 5.69 Å². The zero-order valence-electron chi connectivity index (χ0n) is 15.0. The molecule has 0 saturated carbocycles. The third-order valence-electron chi connectivity index (χ3n) is 5.05. The highest BCUT2D eigenvalue weighted by atomic mass is 35.5. The van der Waals surface area contributed by atoms with E-state index in [9.17, 15) is 9.59 Å². The number of aryl methyl sites for hydroxylation is 1. The maximum atomic E-state index is 13.0. The summed E-state index contributed by atoms with van der Waals surface area (Å²) in [5.74, 6) is -0.0695. The summed E-state index contributed by atoms with van der Waals surface area (Å²) in [5, 5.41) is 0.574. The Bertz CT molecular complexity index is 965. The molecular formula is C21H18ClNO4. The monoisotopic (exact) mass is 383 g/mol. The molecule has 5 nitrogen and oxygen atoms in total. The molecule has 0 radical (unpaired) electrons. The molecule has 0 spiro atoms. The first kappa shape index (κ1) is 17.6. The third-order valence-corrected chi connectivity index (χ3v) is 5.46. The van der Waals surface area contributed by atoms with Crippen molar-refractivity contribution in [3.63, 3.8) is 0 Å². The van der Waals surface area contributed by atoms with Gasteiger partial charge < -0.3 is 9.47 Å². The standard InChI is InChI=1S/C21H18ClNO4/c1-12-3-6-14(9-17(12)22)23-18-11-27-21(25)20(18)16(10-19(23)24)13-4-7-15(26-2)8-5-13/h3-9,16H,10-11H2,1-2H3. The summed E-state index contributed by atoms with van der Waals surface area (Å²) in [6.07, 6.45) is 0.186. The van der Waals surface area contributed by atoms with Crippen LogP contribution in [0.3, 0.4) is 0 Å². The summed E-state index contributed by atoms with van der Waals surface area (Å²) in [7, 11) is 1.60. The molecule has 27 heavy (non-hydrogen) atoms. The van der Waals surface area contributed by atoms with E-state index in [1.165, 1.54) is 0 Å². The zero-order chi connectivity index (χ0) is 19.1. The summed E-state index contributed by atoms with van der Waals surface area (Å²) >= 11 is 6.24. The Morgan fingerprint density at radius 1 is 1.15 bits per heavy atom. The van der Waals surface area contributed by atoms with Gasteiger partial charge in [-0.25, -0.2) is 4.79 Å². The van der Waals surface area contributed by atoms with Crippen molar-refractivity contribution in [2.24, 2.45) is 0 Å². The first-order chi connectivity index (χ1) is 13.0. The number of amides is 1. The Balaban J connectivity index is 1.79. The van der Waals surface area contributed by atoms with Gasteiger partial charge in [-0.2, -0.15) is 0 Å². The lowest BCUT2D eigenvalue weighted by Gasteiger charge is -2.32. The van der Waals surface area contributed by atoms with E-state index in [1.807, 2.05) is 43.3 Å². The summed E-state index contributed by atoms with van der Waals surface area (Å²) in [4.78, 5) is 27.0. The fraction of sp³-hybridized carbons (Fsp3) is 0.238.